The van der Waals surface area contributed by atoms with E-state index in [1.54, 1.807) is 25.3 Å². The average molecular weight is 323 g/mol. The molecule has 0 N–H and O–H groups in total. The minimum absolute atomic E-state index is 0.0747. The molecule has 0 fully saturated rings. The Morgan fingerprint density at radius 2 is 2.00 bits per heavy atom. The molecule has 0 atom stereocenters. The number of halogens is 1. The Morgan fingerprint density at radius 1 is 1.26 bits per heavy atom. The lowest BCUT2D eigenvalue weighted by Gasteiger charge is -2.08. The molecule has 0 amide bonds. The van der Waals surface area contributed by atoms with E-state index in [1.165, 1.54) is 6.07 Å². The number of benzene rings is 1. The molecule has 1 aromatic heterocycles. The van der Waals surface area contributed by atoms with Gasteiger partial charge in [-0.15, -0.1) is 0 Å². The van der Waals surface area contributed by atoms with Crippen molar-refractivity contribution in [1.29, 1.82) is 0 Å². The summed E-state index contributed by atoms with van der Waals surface area (Å²) in [5.41, 5.74) is 1.70. The first kappa shape index (κ1) is 13.5. The topological polar surface area (TPSA) is 65.3 Å². The van der Waals surface area contributed by atoms with Gasteiger partial charge >= 0.3 is 5.69 Å². The van der Waals surface area contributed by atoms with Gasteiger partial charge in [-0.05, 0) is 53.0 Å². The van der Waals surface area contributed by atoms with E-state index in [-0.39, 0.29) is 11.4 Å². The van der Waals surface area contributed by atoms with Crippen LogP contribution in [0.15, 0.2) is 34.9 Å². The van der Waals surface area contributed by atoms with E-state index in [2.05, 4.69) is 20.9 Å². The van der Waals surface area contributed by atoms with Gasteiger partial charge in [0.2, 0.25) is 11.6 Å². The lowest BCUT2D eigenvalue weighted by atomic mass is 10.2. The van der Waals surface area contributed by atoms with Crippen LogP contribution in [0.3, 0.4) is 0 Å². The minimum Gasteiger partial charge on any atom is -0.431 e. The molecule has 0 aliphatic heterocycles. The molecule has 0 unspecified atom stereocenters. The molecular formula is C13H11BrN2O3. The van der Waals surface area contributed by atoms with Crippen molar-refractivity contribution in [2.75, 3.05) is 0 Å². The summed E-state index contributed by atoms with van der Waals surface area (Å²) in [6, 6.07) is 6.63. The number of nitro groups is 1. The molecule has 0 bridgehead atoms. The van der Waals surface area contributed by atoms with Crippen molar-refractivity contribution in [2.24, 2.45) is 0 Å². The van der Waals surface area contributed by atoms with Crippen molar-refractivity contribution in [1.82, 2.24) is 4.98 Å². The second-order valence-corrected chi connectivity index (χ2v) is 4.98. The monoisotopic (exact) mass is 322 g/mol. The predicted octanol–water partition coefficient (Wildman–Crippen LogP) is 4.16. The van der Waals surface area contributed by atoms with Gasteiger partial charge in [-0.1, -0.05) is 6.07 Å². The van der Waals surface area contributed by atoms with E-state index in [1.807, 2.05) is 13.0 Å². The molecule has 1 heterocycles. The van der Waals surface area contributed by atoms with Crippen LogP contribution in [-0.2, 0) is 0 Å². The van der Waals surface area contributed by atoms with Crippen molar-refractivity contribution >= 4 is 21.6 Å². The highest BCUT2D eigenvalue weighted by molar-refractivity contribution is 9.10. The van der Waals surface area contributed by atoms with Gasteiger partial charge in [-0.2, -0.15) is 0 Å². The zero-order chi connectivity index (χ0) is 14.0. The van der Waals surface area contributed by atoms with Gasteiger partial charge in [-0.25, -0.2) is 4.98 Å². The molecule has 2 aromatic rings. The molecule has 19 heavy (non-hydrogen) atoms. The Kier molecular flexibility index (Phi) is 3.80. The number of hydrogen-bond donors (Lipinski definition) is 0. The lowest BCUT2D eigenvalue weighted by Crippen LogP contribution is -1.96. The maximum absolute atomic E-state index is 11.0. The van der Waals surface area contributed by atoms with E-state index in [0.717, 1.165) is 11.1 Å². The van der Waals surface area contributed by atoms with Gasteiger partial charge in [0.25, 0.3) is 0 Å². The third kappa shape index (κ3) is 3.08. The van der Waals surface area contributed by atoms with Crippen LogP contribution in [0.25, 0.3) is 0 Å². The van der Waals surface area contributed by atoms with Crippen molar-refractivity contribution < 1.29 is 9.66 Å². The second-order valence-electron chi connectivity index (χ2n) is 4.13. The number of nitro benzene ring substituents is 1. The molecule has 5 nitrogen and oxygen atoms in total. The Bertz CT molecular complexity index is 644. The summed E-state index contributed by atoms with van der Waals surface area (Å²) in [6.07, 6.45) is 1.64. The first-order chi connectivity index (χ1) is 8.97. The highest BCUT2D eigenvalue weighted by Crippen LogP contribution is 2.34. The van der Waals surface area contributed by atoms with Crippen LogP contribution >= 0.6 is 15.9 Å². The third-order valence-electron chi connectivity index (χ3n) is 2.46. The highest BCUT2D eigenvalue weighted by atomic mass is 79.9. The van der Waals surface area contributed by atoms with E-state index < -0.39 is 4.92 Å². The normalized spacial score (nSPS) is 10.3. The SMILES string of the molecule is Cc1cnc(Oc2ccc(C)cc2[N+](=O)[O-])c(Br)c1. The van der Waals surface area contributed by atoms with Gasteiger partial charge in [0.15, 0.2) is 0 Å². The van der Waals surface area contributed by atoms with E-state index in [4.69, 9.17) is 4.74 Å². The van der Waals surface area contributed by atoms with Gasteiger partial charge in [-0.3, -0.25) is 10.1 Å². The van der Waals surface area contributed by atoms with Crippen molar-refractivity contribution in [3.8, 4) is 11.6 Å². The van der Waals surface area contributed by atoms with Crippen LogP contribution in [0, 0.1) is 24.0 Å². The van der Waals surface area contributed by atoms with Crippen molar-refractivity contribution in [2.45, 2.75) is 13.8 Å². The number of nitrogens with zero attached hydrogens (tertiary/aromatic N) is 2. The average Bonchev–Trinajstić information content (AvgIpc) is 2.34. The first-order valence-corrected chi connectivity index (χ1v) is 6.31. The van der Waals surface area contributed by atoms with E-state index in [9.17, 15) is 10.1 Å². The van der Waals surface area contributed by atoms with Crippen LogP contribution in [-0.4, -0.2) is 9.91 Å². The second kappa shape index (κ2) is 5.36. The molecule has 0 aliphatic rings. The fraction of sp³-hybridized carbons (Fsp3) is 0.154. The molecule has 0 saturated carbocycles. The summed E-state index contributed by atoms with van der Waals surface area (Å²) >= 11 is 3.32. The molecule has 2 rings (SSSR count). The molecule has 1 aromatic carbocycles. The standard InChI is InChI=1S/C13H11BrN2O3/c1-8-3-4-12(11(6-8)16(17)18)19-13-10(14)5-9(2)7-15-13/h3-7H,1-2H3. The molecular weight excluding hydrogens is 312 g/mol. The Labute approximate surface area is 118 Å². The Morgan fingerprint density at radius 3 is 2.63 bits per heavy atom. The maximum Gasteiger partial charge on any atom is 0.311 e. The maximum atomic E-state index is 11.0. The van der Waals surface area contributed by atoms with Crippen molar-refractivity contribution in [3.05, 3.63) is 56.2 Å². The molecule has 6 heteroatoms. The van der Waals surface area contributed by atoms with E-state index >= 15 is 0 Å². The van der Waals surface area contributed by atoms with E-state index in [0.29, 0.717) is 10.4 Å². The fourth-order valence-corrected chi connectivity index (χ4v) is 2.10. The molecule has 0 spiro atoms. The number of aryl methyl sites for hydroxylation is 2. The predicted molar refractivity (Wildman–Crippen MR) is 74.6 cm³/mol. The Hall–Kier alpha value is -1.95. The molecule has 0 radical (unpaired) electrons. The Balaban J connectivity index is 2.40. The number of pyridine rings is 1. The fourth-order valence-electron chi connectivity index (χ4n) is 1.56. The smallest absolute Gasteiger partial charge is 0.311 e. The molecule has 98 valence electrons. The van der Waals surface area contributed by atoms with Crippen LogP contribution in [0.4, 0.5) is 5.69 Å². The summed E-state index contributed by atoms with van der Waals surface area (Å²) in [5.74, 6) is 0.477. The quantitative estimate of drug-likeness (QED) is 0.628. The summed E-state index contributed by atoms with van der Waals surface area (Å²) in [4.78, 5) is 14.6. The summed E-state index contributed by atoms with van der Waals surface area (Å²) in [5, 5.41) is 11.0. The summed E-state index contributed by atoms with van der Waals surface area (Å²) < 4.78 is 6.17. The van der Waals surface area contributed by atoms with Crippen LogP contribution < -0.4 is 4.74 Å². The summed E-state index contributed by atoms with van der Waals surface area (Å²) in [6.45, 7) is 3.69. The van der Waals surface area contributed by atoms with Crippen LogP contribution in [0.1, 0.15) is 11.1 Å². The third-order valence-corrected chi connectivity index (χ3v) is 3.03. The number of ether oxygens (including phenoxy) is 1. The highest BCUT2D eigenvalue weighted by Gasteiger charge is 2.17. The van der Waals surface area contributed by atoms with Crippen molar-refractivity contribution in [3.63, 3.8) is 0 Å². The zero-order valence-corrected chi connectivity index (χ0v) is 12.0. The number of aromatic nitrogens is 1. The number of hydrogen-bond acceptors (Lipinski definition) is 4. The molecule has 0 saturated heterocycles. The van der Waals surface area contributed by atoms with Crippen LogP contribution in [0.5, 0.6) is 11.6 Å². The van der Waals surface area contributed by atoms with Gasteiger partial charge in [0.05, 0.1) is 9.40 Å². The van der Waals surface area contributed by atoms with Gasteiger partial charge in [0, 0.05) is 12.3 Å². The van der Waals surface area contributed by atoms with Gasteiger partial charge < -0.3 is 4.74 Å². The van der Waals surface area contributed by atoms with Gasteiger partial charge in [0.1, 0.15) is 0 Å². The molecule has 0 aliphatic carbocycles. The first-order valence-electron chi connectivity index (χ1n) is 5.52. The van der Waals surface area contributed by atoms with Crippen LogP contribution in [0.2, 0.25) is 0 Å². The summed E-state index contributed by atoms with van der Waals surface area (Å²) in [7, 11) is 0. The lowest BCUT2D eigenvalue weighted by molar-refractivity contribution is -0.385. The minimum atomic E-state index is -0.468. The number of rotatable bonds is 3. The largest absolute Gasteiger partial charge is 0.431 e. The zero-order valence-electron chi connectivity index (χ0n) is 10.4.